The Hall–Kier alpha value is -1.94. The highest BCUT2D eigenvalue weighted by molar-refractivity contribution is 7.89. The van der Waals surface area contributed by atoms with Crippen LogP contribution in [0.3, 0.4) is 0 Å². The lowest BCUT2D eigenvalue weighted by Gasteiger charge is -2.20. The maximum absolute atomic E-state index is 11.7. The summed E-state index contributed by atoms with van der Waals surface area (Å²) >= 11 is -2.31. The highest BCUT2D eigenvalue weighted by Gasteiger charge is 2.17. The van der Waals surface area contributed by atoms with E-state index in [2.05, 4.69) is 4.72 Å². The largest absolute Gasteiger partial charge is 0.399 e. The molecule has 1 atom stereocenters. The number of nitrogens with zero attached hydrogens (tertiary/aromatic N) is 1. The first-order chi connectivity index (χ1) is 10.3. The van der Waals surface area contributed by atoms with Crippen LogP contribution in [0.4, 0.5) is 17.1 Å². The van der Waals surface area contributed by atoms with E-state index in [-0.39, 0.29) is 4.90 Å². The Labute approximate surface area is 131 Å². The number of anilines is 3. The van der Waals surface area contributed by atoms with Crippen molar-refractivity contribution in [2.45, 2.75) is 4.90 Å². The maximum Gasteiger partial charge on any atom is 0.266 e. The third kappa shape index (κ3) is 3.45. The van der Waals surface area contributed by atoms with Crippen LogP contribution in [0.25, 0.3) is 0 Å². The molecule has 0 radical (unpaired) electrons. The summed E-state index contributed by atoms with van der Waals surface area (Å²) in [6.07, 6.45) is 0. The van der Waals surface area contributed by atoms with Gasteiger partial charge in [-0.1, -0.05) is 0 Å². The van der Waals surface area contributed by atoms with Crippen LogP contribution in [-0.2, 0) is 21.3 Å². The van der Waals surface area contributed by atoms with Gasteiger partial charge < -0.3 is 5.73 Å². The van der Waals surface area contributed by atoms with E-state index in [4.69, 9.17) is 5.73 Å². The van der Waals surface area contributed by atoms with E-state index >= 15 is 0 Å². The SMILES string of the molecule is CNS(=O)(=O)c1ccc(N(c2ccc(N)cc2)S(=O)O)cc1. The number of rotatable bonds is 5. The Bertz CT molecular complexity index is 774. The molecule has 0 saturated carbocycles. The summed E-state index contributed by atoms with van der Waals surface area (Å²) in [5.74, 6) is 0. The number of benzene rings is 2. The Kier molecular flexibility index (Phi) is 4.81. The van der Waals surface area contributed by atoms with Crippen molar-refractivity contribution < 1.29 is 17.2 Å². The zero-order valence-corrected chi connectivity index (χ0v) is 13.3. The highest BCUT2D eigenvalue weighted by atomic mass is 32.2. The second kappa shape index (κ2) is 6.44. The molecule has 0 spiro atoms. The second-order valence-electron chi connectivity index (χ2n) is 4.32. The zero-order chi connectivity index (χ0) is 16.3. The Morgan fingerprint density at radius 1 is 1.05 bits per heavy atom. The molecule has 2 rings (SSSR count). The lowest BCUT2D eigenvalue weighted by atomic mass is 10.2. The Morgan fingerprint density at radius 2 is 1.50 bits per heavy atom. The van der Waals surface area contributed by atoms with Crippen molar-refractivity contribution >= 4 is 38.4 Å². The van der Waals surface area contributed by atoms with Gasteiger partial charge in [0.15, 0.2) is 0 Å². The molecule has 2 aromatic rings. The molecular weight excluding hydrogens is 326 g/mol. The summed E-state index contributed by atoms with van der Waals surface area (Å²) in [5.41, 5.74) is 6.96. The van der Waals surface area contributed by atoms with Gasteiger partial charge in [-0.05, 0) is 55.6 Å². The molecule has 0 heterocycles. The van der Waals surface area contributed by atoms with Crippen molar-refractivity contribution in [1.29, 1.82) is 0 Å². The van der Waals surface area contributed by atoms with Crippen molar-refractivity contribution in [3.8, 4) is 0 Å². The first-order valence-electron chi connectivity index (χ1n) is 6.15. The molecule has 22 heavy (non-hydrogen) atoms. The lowest BCUT2D eigenvalue weighted by Crippen LogP contribution is -2.20. The number of hydrogen-bond acceptors (Lipinski definition) is 4. The Morgan fingerprint density at radius 3 is 1.91 bits per heavy atom. The van der Waals surface area contributed by atoms with Gasteiger partial charge in [-0.3, -0.25) is 4.55 Å². The van der Waals surface area contributed by atoms with Crippen molar-refractivity contribution in [1.82, 2.24) is 4.72 Å². The fourth-order valence-corrected chi connectivity index (χ4v) is 3.15. The minimum absolute atomic E-state index is 0.0692. The van der Waals surface area contributed by atoms with Crippen molar-refractivity contribution in [2.24, 2.45) is 0 Å². The van der Waals surface area contributed by atoms with E-state index in [1.807, 2.05) is 0 Å². The van der Waals surface area contributed by atoms with Gasteiger partial charge in [-0.15, -0.1) is 0 Å². The highest BCUT2D eigenvalue weighted by Crippen LogP contribution is 2.28. The molecule has 1 unspecified atom stereocenters. The predicted molar refractivity (Wildman–Crippen MR) is 86.5 cm³/mol. The summed E-state index contributed by atoms with van der Waals surface area (Å²) in [5, 5.41) is 0. The fraction of sp³-hybridized carbons (Fsp3) is 0.0769. The summed E-state index contributed by atoms with van der Waals surface area (Å²) in [6.45, 7) is 0. The van der Waals surface area contributed by atoms with E-state index in [0.29, 0.717) is 17.1 Å². The molecule has 0 amide bonds. The molecule has 2 aromatic carbocycles. The number of sulfonamides is 1. The normalized spacial score (nSPS) is 12.8. The van der Waals surface area contributed by atoms with Gasteiger partial charge in [0.25, 0.3) is 11.3 Å². The molecule has 0 aliphatic heterocycles. The molecule has 0 aliphatic carbocycles. The average Bonchev–Trinajstić information content (AvgIpc) is 2.50. The topological polar surface area (TPSA) is 113 Å². The second-order valence-corrected chi connectivity index (χ2v) is 7.03. The summed E-state index contributed by atoms with van der Waals surface area (Å²) in [7, 11) is -2.24. The zero-order valence-electron chi connectivity index (χ0n) is 11.6. The molecule has 0 saturated heterocycles. The summed E-state index contributed by atoms with van der Waals surface area (Å²) < 4.78 is 47.8. The molecule has 0 fully saturated rings. The quantitative estimate of drug-likeness (QED) is 0.563. The van der Waals surface area contributed by atoms with Crippen LogP contribution >= 0.6 is 0 Å². The smallest absolute Gasteiger partial charge is 0.266 e. The van der Waals surface area contributed by atoms with Gasteiger partial charge in [0.2, 0.25) is 10.0 Å². The van der Waals surface area contributed by atoms with Crippen LogP contribution in [0, 0.1) is 0 Å². The molecule has 0 aromatic heterocycles. The standard InChI is InChI=1S/C13H15N3O4S2/c1-15-22(19,20)13-8-6-12(7-9-13)16(21(17)18)11-4-2-10(14)3-5-11/h2-9,15H,14H2,1H3,(H,17,18). The number of nitrogens with two attached hydrogens (primary N) is 1. The maximum atomic E-state index is 11.7. The third-order valence-corrected chi connectivity index (χ3v) is 5.10. The van der Waals surface area contributed by atoms with Gasteiger partial charge >= 0.3 is 0 Å². The average molecular weight is 341 g/mol. The van der Waals surface area contributed by atoms with Crippen LogP contribution in [-0.4, -0.2) is 24.2 Å². The minimum Gasteiger partial charge on any atom is -0.399 e. The number of nitrogens with one attached hydrogen (secondary N) is 1. The molecule has 118 valence electrons. The predicted octanol–water partition coefficient (Wildman–Crippen LogP) is 1.45. The van der Waals surface area contributed by atoms with Gasteiger partial charge in [-0.2, -0.15) is 0 Å². The van der Waals surface area contributed by atoms with Crippen LogP contribution in [0.5, 0.6) is 0 Å². The minimum atomic E-state index is -3.55. The van der Waals surface area contributed by atoms with E-state index in [0.717, 1.165) is 4.31 Å². The van der Waals surface area contributed by atoms with Crippen molar-refractivity contribution in [2.75, 3.05) is 17.1 Å². The lowest BCUT2D eigenvalue weighted by molar-refractivity contribution is 0.564. The first-order valence-corrected chi connectivity index (χ1v) is 8.70. The fourth-order valence-electron chi connectivity index (χ4n) is 1.82. The number of hydrogen-bond donors (Lipinski definition) is 3. The van der Waals surface area contributed by atoms with Crippen LogP contribution in [0.15, 0.2) is 53.4 Å². The van der Waals surface area contributed by atoms with E-state index in [1.54, 1.807) is 24.3 Å². The molecule has 7 nitrogen and oxygen atoms in total. The molecular formula is C13H15N3O4S2. The Balaban J connectivity index is 2.42. The van der Waals surface area contributed by atoms with E-state index in [1.165, 1.54) is 31.3 Å². The third-order valence-electron chi connectivity index (χ3n) is 2.93. The van der Waals surface area contributed by atoms with E-state index < -0.39 is 21.3 Å². The van der Waals surface area contributed by atoms with Crippen LogP contribution in [0.2, 0.25) is 0 Å². The van der Waals surface area contributed by atoms with Gasteiger partial charge in [0.05, 0.1) is 16.3 Å². The molecule has 9 heteroatoms. The monoisotopic (exact) mass is 341 g/mol. The van der Waals surface area contributed by atoms with E-state index in [9.17, 15) is 17.2 Å². The van der Waals surface area contributed by atoms with Gasteiger partial charge in [0, 0.05) is 5.69 Å². The van der Waals surface area contributed by atoms with Crippen molar-refractivity contribution in [3.05, 3.63) is 48.5 Å². The van der Waals surface area contributed by atoms with Gasteiger partial charge in [0.1, 0.15) is 0 Å². The van der Waals surface area contributed by atoms with Crippen molar-refractivity contribution in [3.63, 3.8) is 0 Å². The first kappa shape index (κ1) is 16.4. The molecule has 0 bridgehead atoms. The summed E-state index contributed by atoms with van der Waals surface area (Å²) in [4.78, 5) is 0.0692. The van der Waals surface area contributed by atoms with Crippen LogP contribution < -0.4 is 14.8 Å². The molecule has 0 aliphatic rings. The summed E-state index contributed by atoms with van der Waals surface area (Å²) in [6, 6.07) is 12.0. The van der Waals surface area contributed by atoms with Crippen LogP contribution in [0.1, 0.15) is 0 Å². The number of nitrogen functional groups attached to an aromatic ring is 1. The van der Waals surface area contributed by atoms with Gasteiger partial charge in [-0.25, -0.2) is 21.7 Å². The molecule has 4 N–H and O–H groups in total.